The summed E-state index contributed by atoms with van der Waals surface area (Å²) in [5, 5.41) is 9.79. The molecule has 0 rings (SSSR count). The number of allylic oxidation sites excluding steroid dienone is 1. The minimum Gasteiger partial charge on any atom is -0.393 e. The zero-order chi connectivity index (χ0) is 15.6. The fraction of sp³-hybridized carbons (Fsp3) is 0.900. The van der Waals surface area contributed by atoms with Crippen LogP contribution in [-0.4, -0.2) is 11.2 Å². The Labute approximate surface area is 134 Å². The molecule has 0 aromatic carbocycles. The van der Waals surface area contributed by atoms with Crippen LogP contribution in [0.1, 0.15) is 110 Å². The van der Waals surface area contributed by atoms with Gasteiger partial charge in [0.25, 0.3) is 0 Å². The zero-order valence-electron chi connectivity index (χ0n) is 14.8. The Balaban J connectivity index is 3.10. The molecule has 0 aliphatic heterocycles. The van der Waals surface area contributed by atoms with Gasteiger partial charge in [-0.05, 0) is 19.3 Å². The van der Waals surface area contributed by atoms with E-state index in [-0.39, 0.29) is 6.10 Å². The molecule has 0 bridgehead atoms. The van der Waals surface area contributed by atoms with Gasteiger partial charge in [0.15, 0.2) is 0 Å². The van der Waals surface area contributed by atoms with Crippen molar-refractivity contribution in [2.45, 2.75) is 116 Å². The summed E-state index contributed by atoms with van der Waals surface area (Å²) in [6.07, 6.45) is 23.6. The van der Waals surface area contributed by atoms with Crippen molar-refractivity contribution in [3.05, 3.63) is 12.2 Å². The van der Waals surface area contributed by atoms with Crippen molar-refractivity contribution >= 4 is 0 Å². The molecule has 0 radical (unpaired) electrons. The van der Waals surface area contributed by atoms with E-state index in [2.05, 4.69) is 26.0 Å². The molecule has 0 saturated carbocycles. The van der Waals surface area contributed by atoms with Crippen molar-refractivity contribution in [3.8, 4) is 0 Å². The summed E-state index contributed by atoms with van der Waals surface area (Å²) in [6.45, 7) is 4.41. The van der Waals surface area contributed by atoms with E-state index < -0.39 is 0 Å². The van der Waals surface area contributed by atoms with E-state index in [1.807, 2.05) is 0 Å². The Hall–Kier alpha value is -0.300. The molecule has 1 N–H and O–H groups in total. The van der Waals surface area contributed by atoms with E-state index in [0.29, 0.717) is 0 Å². The molecule has 0 aromatic heterocycles. The summed E-state index contributed by atoms with van der Waals surface area (Å²) in [5.41, 5.74) is 0. The molecule has 1 atom stereocenters. The van der Waals surface area contributed by atoms with Crippen LogP contribution in [0.15, 0.2) is 12.2 Å². The van der Waals surface area contributed by atoms with E-state index in [1.54, 1.807) is 0 Å². The average Bonchev–Trinajstić information content (AvgIpc) is 2.48. The maximum atomic E-state index is 9.79. The fourth-order valence-corrected chi connectivity index (χ4v) is 2.76. The number of aliphatic hydroxyl groups is 1. The second-order valence-corrected chi connectivity index (χ2v) is 6.45. The normalized spacial score (nSPS) is 13.1. The van der Waals surface area contributed by atoms with Gasteiger partial charge in [-0.3, -0.25) is 0 Å². The van der Waals surface area contributed by atoms with Gasteiger partial charge in [-0.25, -0.2) is 0 Å². The molecule has 0 amide bonds. The standard InChI is InChI=1S/C20H40O/c1-3-5-7-8-9-10-11-12-13-14-15-17-19-20(21)18-16-6-4-2/h6,16,20-21H,3-5,7-15,17-19H2,1-2H3. The van der Waals surface area contributed by atoms with Crippen molar-refractivity contribution in [1.29, 1.82) is 0 Å². The lowest BCUT2D eigenvalue weighted by molar-refractivity contribution is 0.163. The van der Waals surface area contributed by atoms with Gasteiger partial charge in [0.1, 0.15) is 0 Å². The van der Waals surface area contributed by atoms with Crippen LogP contribution in [0.4, 0.5) is 0 Å². The molecule has 1 nitrogen and oxygen atoms in total. The van der Waals surface area contributed by atoms with Crippen molar-refractivity contribution in [2.75, 3.05) is 0 Å². The highest BCUT2D eigenvalue weighted by molar-refractivity contribution is 4.82. The third-order valence-corrected chi connectivity index (χ3v) is 4.20. The van der Waals surface area contributed by atoms with E-state index >= 15 is 0 Å². The molecular weight excluding hydrogens is 256 g/mol. The second kappa shape index (κ2) is 17.8. The lowest BCUT2D eigenvalue weighted by atomic mass is 10.0. The molecule has 0 aliphatic rings. The van der Waals surface area contributed by atoms with Crippen LogP contribution >= 0.6 is 0 Å². The fourth-order valence-electron chi connectivity index (χ4n) is 2.76. The number of unbranched alkanes of at least 4 members (excludes halogenated alkanes) is 11. The first-order valence-electron chi connectivity index (χ1n) is 9.64. The molecule has 0 fully saturated rings. The molecule has 0 heterocycles. The Morgan fingerprint density at radius 1 is 0.667 bits per heavy atom. The Kier molecular flexibility index (Phi) is 17.5. The van der Waals surface area contributed by atoms with Gasteiger partial charge in [0.2, 0.25) is 0 Å². The van der Waals surface area contributed by atoms with Crippen LogP contribution in [-0.2, 0) is 0 Å². The SMILES string of the molecule is CCC=CCC(O)CCCCCCCCCCCCCC. The van der Waals surface area contributed by atoms with Gasteiger partial charge >= 0.3 is 0 Å². The molecule has 0 spiro atoms. The van der Waals surface area contributed by atoms with Crippen LogP contribution in [0.3, 0.4) is 0 Å². The first kappa shape index (κ1) is 20.7. The summed E-state index contributed by atoms with van der Waals surface area (Å²) in [6, 6.07) is 0. The first-order valence-corrected chi connectivity index (χ1v) is 9.64. The quantitative estimate of drug-likeness (QED) is 0.245. The zero-order valence-corrected chi connectivity index (χ0v) is 14.8. The predicted octanol–water partition coefficient (Wildman–Crippen LogP) is 6.79. The summed E-state index contributed by atoms with van der Waals surface area (Å²) in [5.74, 6) is 0. The lowest BCUT2D eigenvalue weighted by Crippen LogP contribution is -2.04. The highest BCUT2D eigenvalue weighted by atomic mass is 16.3. The van der Waals surface area contributed by atoms with Gasteiger partial charge in [-0.15, -0.1) is 0 Å². The monoisotopic (exact) mass is 296 g/mol. The lowest BCUT2D eigenvalue weighted by Gasteiger charge is -2.07. The van der Waals surface area contributed by atoms with Gasteiger partial charge in [-0.1, -0.05) is 103 Å². The second-order valence-electron chi connectivity index (χ2n) is 6.45. The Morgan fingerprint density at radius 2 is 1.14 bits per heavy atom. The topological polar surface area (TPSA) is 20.2 Å². The molecule has 0 saturated heterocycles. The summed E-state index contributed by atoms with van der Waals surface area (Å²) in [7, 11) is 0. The van der Waals surface area contributed by atoms with Crippen molar-refractivity contribution in [2.24, 2.45) is 0 Å². The van der Waals surface area contributed by atoms with Gasteiger partial charge < -0.3 is 5.11 Å². The van der Waals surface area contributed by atoms with E-state index in [4.69, 9.17) is 0 Å². The maximum Gasteiger partial charge on any atom is 0.0574 e. The Morgan fingerprint density at radius 3 is 1.62 bits per heavy atom. The summed E-state index contributed by atoms with van der Waals surface area (Å²) >= 11 is 0. The van der Waals surface area contributed by atoms with Gasteiger partial charge in [0.05, 0.1) is 6.10 Å². The van der Waals surface area contributed by atoms with Crippen LogP contribution in [0.25, 0.3) is 0 Å². The molecular formula is C20H40O. The molecule has 126 valence electrons. The summed E-state index contributed by atoms with van der Waals surface area (Å²) < 4.78 is 0. The number of aliphatic hydroxyl groups excluding tert-OH is 1. The third-order valence-electron chi connectivity index (χ3n) is 4.20. The first-order chi connectivity index (χ1) is 10.3. The minimum atomic E-state index is -0.115. The van der Waals surface area contributed by atoms with Crippen LogP contribution < -0.4 is 0 Å². The van der Waals surface area contributed by atoms with Crippen molar-refractivity contribution in [1.82, 2.24) is 0 Å². The molecule has 1 heteroatoms. The minimum absolute atomic E-state index is 0.115. The van der Waals surface area contributed by atoms with Crippen LogP contribution in [0, 0.1) is 0 Å². The van der Waals surface area contributed by atoms with E-state index in [1.165, 1.54) is 77.0 Å². The molecule has 0 aromatic rings. The van der Waals surface area contributed by atoms with Crippen LogP contribution in [0.5, 0.6) is 0 Å². The molecule has 0 aliphatic carbocycles. The van der Waals surface area contributed by atoms with Crippen molar-refractivity contribution < 1.29 is 5.11 Å². The third kappa shape index (κ3) is 17.6. The van der Waals surface area contributed by atoms with Gasteiger partial charge in [0, 0.05) is 0 Å². The van der Waals surface area contributed by atoms with E-state index in [0.717, 1.165) is 19.3 Å². The average molecular weight is 297 g/mol. The highest BCUT2D eigenvalue weighted by Gasteiger charge is 2.01. The smallest absolute Gasteiger partial charge is 0.0574 e. The molecule has 21 heavy (non-hydrogen) atoms. The largest absolute Gasteiger partial charge is 0.393 e. The highest BCUT2D eigenvalue weighted by Crippen LogP contribution is 2.13. The summed E-state index contributed by atoms with van der Waals surface area (Å²) in [4.78, 5) is 0. The predicted molar refractivity (Wildman–Crippen MR) is 95.7 cm³/mol. The number of hydrogen-bond acceptors (Lipinski definition) is 1. The molecule has 1 unspecified atom stereocenters. The number of hydrogen-bond donors (Lipinski definition) is 1. The maximum absolute atomic E-state index is 9.79. The van der Waals surface area contributed by atoms with E-state index in [9.17, 15) is 5.11 Å². The Bertz CT molecular complexity index is 210. The van der Waals surface area contributed by atoms with Crippen LogP contribution in [0.2, 0.25) is 0 Å². The number of rotatable bonds is 16. The van der Waals surface area contributed by atoms with Crippen molar-refractivity contribution in [3.63, 3.8) is 0 Å². The van der Waals surface area contributed by atoms with Gasteiger partial charge in [-0.2, -0.15) is 0 Å².